The van der Waals surface area contributed by atoms with Gasteiger partial charge in [0.25, 0.3) is 0 Å². The number of hydrogen-bond donors (Lipinski definition) is 2. The smallest absolute Gasteiger partial charge is 0.188 e. The summed E-state index contributed by atoms with van der Waals surface area (Å²) in [4.78, 5) is 8.80. The lowest BCUT2D eigenvalue weighted by atomic mass is 10.0. The molecule has 0 spiro atoms. The Labute approximate surface area is 121 Å². The van der Waals surface area contributed by atoms with Crippen LogP contribution in [0.25, 0.3) is 0 Å². The molecule has 1 saturated heterocycles. The second-order valence-corrected chi connectivity index (χ2v) is 5.60. The fraction of sp³-hybridized carbons (Fsp3) is 0.357. The summed E-state index contributed by atoms with van der Waals surface area (Å²) < 4.78 is 0. The number of nitrogens with zero attached hydrogens (tertiary/aromatic N) is 3. The predicted molar refractivity (Wildman–Crippen MR) is 78.9 cm³/mol. The van der Waals surface area contributed by atoms with Gasteiger partial charge >= 0.3 is 0 Å². The van der Waals surface area contributed by atoms with Gasteiger partial charge in [0.15, 0.2) is 5.13 Å². The second-order valence-electron chi connectivity index (χ2n) is 4.75. The van der Waals surface area contributed by atoms with Gasteiger partial charge in [-0.1, -0.05) is 6.42 Å². The molecule has 3 rings (SSSR count). The zero-order chi connectivity index (χ0) is 13.8. The minimum atomic E-state index is 0.369. The molecule has 1 atom stereocenters. The molecule has 1 aliphatic heterocycles. The molecule has 6 heteroatoms. The molecule has 2 aromatic heterocycles. The molecule has 102 valence electrons. The van der Waals surface area contributed by atoms with Crippen LogP contribution >= 0.6 is 11.3 Å². The highest BCUT2D eigenvalue weighted by atomic mass is 32.1. The lowest BCUT2D eigenvalue weighted by molar-refractivity contribution is 0.407. The van der Waals surface area contributed by atoms with Crippen LogP contribution in [0.15, 0.2) is 23.7 Å². The van der Waals surface area contributed by atoms with Crippen LogP contribution in [0.2, 0.25) is 0 Å². The lowest BCUT2D eigenvalue weighted by Gasteiger charge is -2.21. The molecule has 2 aromatic rings. The van der Waals surface area contributed by atoms with E-state index in [0.29, 0.717) is 17.4 Å². The third-order valence-electron chi connectivity index (χ3n) is 3.31. The van der Waals surface area contributed by atoms with Gasteiger partial charge < -0.3 is 10.6 Å². The average Bonchev–Trinajstić information content (AvgIpc) is 2.97. The zero-order valence-electron chi connectivity index (χ0n) is 11.0. The molecular weight excluding hydrogens is 270 g/mol. The SMILES string of the molecule is N#Cc1ccnc(Nc2nc([C@@H]3CCCCN3)cs2)c1. The van der Waals surface area contributed by atoms with Gasteiger partial charge in [0.1, 0.15) is 5.82 Å². The quantitative estimate of drug-likeness (QED) is 0.907. The summed E-state index contributed by atoms with van der Waals surface area (Å²) in [5.74, 6) is 0.654. The van der Waals surface area contributed by atoms with Crippen molar-refractivity contribution in [1.82, 2.24) is 15.3 Å². The summed E-state index contributed by atoms with van der Waals surface area (Å²) in [6, 6.07) is 5.88. The first-order chi connectivity index (χ1) is 9.85. The summed E-state index contributed by atoms with van der Waals surface area (Å²) >= 11 is 1.57. The Morgan fingerprint density at radius 2 is 2.40 bits per heavy atom. The molecule has 1 fully saturated rings. The van der Waals surface area contributed by atoms with Gasteiger partial charge in [-0.05, 0) is 31.5 Å². The van der Waals surface area contributed by atoms with Gasteiger partial charge in [-0.3, -0.25) is 0 Å². The normalized spacial score (nSPS) is 18.4. The van der Waals surface area contributed by atoms with Gasteiger partial charge in [-0.15, -0.1) is 11.3 Å². The van der Waals surface area contributed by atoms with Crippen molar-refractivity contribution in [3.63, 3.8) is 0 Å². The van der Waals surface area contributed by atoms with E-state index in [1.54, 1.807) is 29.7 Å². The van der Waals surface area contributed by atoms with Gasteiger partial charge in [0.05, 0.1) is 23.4 Å². The van der Waals surface area contributed by atoms with Crippen molar-refractivity contribution in [1.29, 1.82) is 5.26 Å². The maximum absolute atomic E-state index is 8.88. The number of thiazole rings is 1. The van der Waals surface area contributed by atoms with Crippen LogP contribution in [0.3, 0.4) is 0 Å². The molecule has 5 nitrogen and oxygen atoms in total. The Morgan fingerprint density at radius 3 is 3.20 bits per heavy atom. The van der Waals surface area contributed by atoms with E-state index in [4.69, 9.17) is 5.26 Å². The van der Waals surface area contributed by atoms with E-state index in [9.17, 15) is 0 Å². The first-order valence-corrected chi connectivity index (χ1v) is 7.55. The predicted octanol–water partition coefficient (Wildman–Crippen LogP) is 2.97. The van der Waals surface area contributed by atoms with Crippen LogP contribution in [0.1, 0.15) is 36.6 Å². The number of pyridine rings is 1. The minimum Gasteiger partial charge on any atom is -0.316 e. The Hall–Kier alpha value is -1.97. The minimum absolute atomic E-state index is 0.369. The highest BCUT2D eigenvalue weighted by Gasteiger charge is 2.17. The summed E-state index contributed by atoms with van der Waals surface area (Å²) in [5.41, 5.74) is 1.68. The van der Waals surface area contributed by atoms with Crippen molar-refractivity contribution < 1.29 is 0 Å². The van der Waals surface area contributed by atoms with Crippen molar-refractivity contribution in [2.24, 2.45) is 0 Å². The molecule has 0 amide bonds. The van der Waals surface area contributed by atoms with Crippen LogP contribution in [0, 0.1) is 11.3 Å². The van der Waals surface area contributed by atoms with Crippen molar-refractivity contribution >= 4 is 22.3 Å². The largest absolute Gasteiger partial charge is 0.316 e. The number of nitrogens with one attached hydrogen (secondary N) is 2. The summed E-state index contributed by atoms with van der Waals surface area (Å²) in [6.45, 7) is 1.07. The van der Waals surface area contributed by atoms with E-state index >= 15 is 0 Å². The maximum Gasteiger partial charge on any atom is 0.188 e. The summed E-state index contributed by atoms with van der Waals surface area (Å²) in [7, 11) is 0. The van der Waals surface area contributed by atoms with Crippen molar-refractivity contribution in [3.8, 4) is 6.07 Å². The maximum atomic E-state index is 8.88. The number of aromatic nitrogens is 2. The van der Waals surface area contributed by atoms with Crippen molar-refractivity contribution in [3.05, 3.63) is 35.0 Å². The number of rotatable bonds is 3. The van der Waals surface area contributed by atoms with Crippen molar-refractivity contribution in [2.45, 2.75) is 25.3 Å². The van der Waals surface area contributed by atoms with Crippen LogP contribution in [-0.4, -0.2) is 16.5 Å². The van der Waals surface area contributed by atoms with Crippen LogP contribution in [0.4, 0.5) is 10.9 Å². The van der Waals surface area contributed by atoms with Crippen LogP contribution in [-0.2, 0) is 0 Å². The monoisotopic (exact) mass is 285 g/mol. The highest BCUT2D eigenvalue weighted by Crippen LogP contribution is 2.27. The Morgan fingerprint density at radius 1 is 1.45 bits per heavy atom. The number of anilines is 2. The van der Waals surface area contributed by atoms with Crippen LogP contribution < -0.4 is 10.6 Å². The topological polar surface area (TPSA) is 73.6 Å². The zero-order valence-corrected chi connectivity index (χ0v) is 11.8. The van der Waals surface area contributed by atoms with E-state index < -0.39 is 0 Å². The number of nitriles is 1. The van der Waals surface area contributed by atoms with Crippen LogP contribution in [0.5, 0.6) is 0 Å². The first kappa shape index (κ1) is 13.0. The first-order valence-electron chi connectivity index (χ1n) is 6.67. The van der Waals surface area contributed by atoms with Gasteiger partial charge in [-0.25, -0.2) is 9.97 Å². The van der Waals surface area contributed by atoms with E-state index in [1.807, 2.05) is 0 Å². The van der Waals surface area contributed by atoms with E-state index in [1.165, 1.54) is 12.8 Å². The fourth-order valence-electron chi connectivity index (χ4n) is 2.29. The van der Waals surface area contributed by atoms with E-state index in [-0.39, 0.29) is 0 Å². The standard InChI is InChI=1S/C14H15N5S/c15-8-10-4-6-17-13(7-10)19-14-18-12(9-20-14)11-3-1-2-5-16-11/h4,6-7,9,11,16H,1-3,5H2,(H,17,18,19)/t11-/m0/s1. The summed E-state index contributed by atoms with van der Waals surface area (Å²) in [5, 5.41) is 18.4. The Bertz CT molecular complexity index is 624. The molecule has 0 radical (unpaired) electrons. The lowest BCUT2D eigenvalue weighted by Crippen LogP contribution is -2.26. The number of piperidine rings is 1. The molecule has 0 aliphatic carbocycles. The molecule has 3 heterocycles. The molecule has 0 aromatic carbocycles. The Balaban J connectivity index is 1.71. The average molecular weight is 285 g/mol. The van der Waals surface area contributed by atoms with Gasteiger partial charge in [0, 0.05) is 11.6 Å². The number of hydrogen-bond acceptors (Lipinski definition) is 6. The molecule has 20 heavy (non-hydrogen) atoms. The molecule has 0 saturated carbocycles. The molecule has 2 N–H and O–H groups in total. The summed E-state index contributed by atoms with van der Waals surface area (Å²) in [6.07, 6.45) is 5.27. The fourth-order valence-corrected chi connectivity index (χ4v) is 3.06. The van der Waals surface area contributed by atoms with Crippen molar-refractivity contribution in [2.75, 3.05) is 11.9 Å². The van der Waals surface area contributed by atoms with Gasteiger partial charge in [-0.2, -0.15) is 5.26 Å². The molecule has 0 bridgehead atoms. The van der Waals surface area contributed by atoms with E-state index in [2.05, 4.69) is 32.1 Å². The highest BCUT2D eigenvalue weighted by molar-refractivity contribution is 7.13. The molecule has 1 aliphatic rings. The Kier molecular flexibility index (Phi) is 3.90. The molecule has 0 unspecified atom stereocenters. The third kappa shape index (κ3) is 2.95. The third-order valence-corrected chi connectivity index (χ3v) is 4.09. The second kappa shape index (κ2) is 5.99. The van der Waals surface area contributed by atoms with E-state index in [0.717, 1.165) is 23.8 Å². The van der Waals surface area contributed by atoms with Gasteiger partial charge in [0.2, 0.25) is 0 Å². The molecular formula is C14H15N5S.